The number of ether oxygens (including phenoxy) is 1. The summed E-state index contributed by atoms with van der Waals surface area (Å²) in [5.41, 5.74) is 1.42. The predicted molar refractivity (Wildman–Crippen MR) is 110 cm³/mol. The number of nitrogens with zero attached hydrogens (tertiary/aromatic N) is 1. The smallest absolute Gasteiger partial charge is 0.336 e. The second-order valence-electron chi connectivity index (χ2n) is 7.91. The van der Waals surface area contributed by atoms with Gasteiger partial charge in [-0.05, 0) is 44.4 Å². The van der Waals surface area contributed by atoms with Crippen molar-refractivity contribution in [2.45, 2.75) is 64.3 Å². The third-order valence-electron chi connectivity index (χ3n) is 5.86. The van der Waals surface area contributed by atoms with E-state index in [0.717, 1.165) is 25.7 Å². The zero-order valence-electron chi connectivity index (χ0n) is 17.6. The summed E-state index contributed by atoms with van der Waals surface area (Å²) in [6.07, 6.45) is 5.31. The van der Waals surface area contributed by atoms with E-state index in [1.807, 2.05) is 0 Å². The highest BCUT2D eigenvalue weighted by Gasteiger charge is 2.37. The van der Waals surface area contributed by atoms with Crippen LogP contribution in [0, 0.1) is 5.82 Å². The Balaban J connectivity index is 1.84. The van der Waals surface area contributed by atoms with Gasteiger partial charge in [0.2, 0.25) is 11.8 Å². The number of hydrogen-bond acceptors (Lipinski definition) is 4. The summed E-state index contributed by atoms with van der Waals surface area (Å²) in [7, 11) is 0. The maximum atomic E-state index is 13.4. The Bertz CT molecular complexity index is 828. The third-order valence-corrected chi connectivity index (χ3v) is 5.86. The lowest BCUT2D eigenvalue weighted by molar-refractivity contribution is -0.141. The summed E-state index contributed by atoms with van der Waals surface area (Å²) in [6.45, 7) is 3.44. The number of hydrogen-bond donors (Lipinski definition) is 1. The molecular weight excluding hydrogens is 387 g/mol. The second kappa shape index (κ2) is 9.87. The summed E-state index contributed by atoms with van der Waals surface area (Å²) in [5.74, 6) is -1.91. The molecule has 3 rings (SSSR count). The molecule has 0 aromatic heterocycles. The van der Waals surface area contributed by atoms with E-state index in [4.69, 9.17) is 4.74 Å². The Morgan fingerprint density at radius 2 is 1.83 bits per heavy atom. The minimum Gasteiger partial charge on any atom is -0.463 e. The van der Waals surface area contributed by atoms with Crippen molar-refractivity contribution in [1.82, 2.24) is 10.2 Å². The molecule has 6 nitrogen and oxygen atoms in total. The van der Waals surface area contributed by atoms with Gasteiger partial charge < -0.3 is 15.0 Å². The zero-order chi connectivity index (χ0) is 21.7. The standard InChI is InChI=1S/C23H29FN2O4/c1-3-30-23(29)22-15(2)26(14-20(27)25-18-7-5-4-6-8-18)21(28)13-19(22)16-9-11-17(24)12-10-16/h9-12,18-19H,3-8,13-14H2,1-2H3,(H,25,27). The van der Waals surface area contributed by atoms with Crippen LogP contribution < -0.4 is 5.32 Å². The quantitative estimate of drug-likeness (QED) is 0.721. The number of amides is 2. The van der Waals surface area contributed by atoms with Crippen molar-refractivity contribution in [2.75, 3.05) is 13.2 Å². The summed E-state index contributed by atoms with van der Waals surface area (Å²) >= 11 is 0. The molecule has 1 aromatic carbocycles. The van der Waals surface area contributed by atoms with E-state index >= 15 is 0 Å². The molecule has 1 atom stereocenters. The number of benzene rings is 1. The molecule has 162 valence electrons. The van der Waals surface area contributed by atoms with Gasteiger partial charge in [0.05, 0.1) is 12.2 Å². The van der Waals surface area contributed by atoms with Crippen molar-refractivity contribution in [3.63, 3.8) is 0 Å². The van der Waals surface area contributed by atoms with Crippen molar-refractivity contribution in [2.24, 2.45) is 0 Å². The number of esters is 1. The highest BCUT2D eigenvalue weighted by molar-refractivity contribution is 5.97. The molecule has 1 heterocycles. The van der Waals surface area contributed by atoms with E-state index in [9.17, 15) is 18.8 Å². The molecule has 1 unspecified atom stereocenters. The first-order valence-electron chi connectivity index (χ1n) is 10.6. The van der Waals surface area contributed by atoms with E-state index in [0.29, 0.717) is 16.8 Å². The van der Waals surface area contributed by atoms with Gasteiger partial charge in [0.15, 0.2) is 0 Å². The molecule has 7 heteroatoms. The Morgan fingerprint density at radius 1 is 1.17 bits per heavy atom. The van der Waals surface area contributed by atoms with E-state index in [2.05, 4.69) is 5.32 Å². The van der Waals surface area contributed by atoms with Gasteiger partial charge in [-0.25, -0.2) is 9.18 Å². The van der Waals surface area contributed by atoms with Crippen LogP contribution in [0.5, 0.6) is 0 Å². The zero-order valence-corrected chi connectivity index (χ0v) is 17.6. The van der Waals surface area contributed by atoms with Gasteiger partial charge >= 0.3 is 5.97 Å². The third kappa shape index (κ3) is 5.07. The largest absolute Gasteiger partial charge is 0.463 e. The SMILES string of the molecule is CCOC(=O)C1=C(C)N(CC(=O)NC2CCCCC2)C(=O)CC1c1ccc(F)cc1. The monoisotopic (exact) mass is 416 g/mol. The van der Waals surface area contributed by atoms with Crippen molar-refractivity contribution in [3.05, 3.63) is 46.9 Å². The lowest BCUT2D eigenvalue weighted by Crippen LogP contribution is -2.46. The van der Waals surface area contributed by atoms with Crippen LogP contribution in [0.2, 0.25) is 0 Å². The highest BCUT2D eigenvalue weighted by Crippen LogP contribution is 2.37. The number of carbonyl (C=O) groups is 3. The number of allylic oxidation sites excluding steroid dienone is 1. The van der Waals surface area contributed by atoms with Crippen molar-refractivity contribution >= 4 is 17.8 Å². The number of nitrogens with one attached hydrogen (secondary N) is 1. The molecule has 1 aliphatic heterocycles. The first kappa shape index (κ1) is 22.0. The van der Waals surface area contributed by atoms with Crippen LogP contribution in [0.25, 0.3) is 0 Å². The lowest BCUT2D eigenvalue weighted by atomic mass is 9.83. The fourth-order valence-corrected chi connectivity index (χ4v) is 4.32. The molecule has 1 saturated carbocycles. The Kier molecular flexibility index (Phi) is 7.24. The average Bonchev–Trinajstić information content (AvgIpc) is 2.72. The van der Waals surface area contributed by atoms with Crippen molar-refractivity contribution in [1.29, 1.82) is 0 Å². The fraction of sp³-hybridized carbons (Fsp3) is 0.522. The van der Waals surface area contributed by atoms with E-state index < -0.39 is 11.9 Å². The normalized spacial score (nSPS) is 20.3. The van der Waals surface area contributed by atoms with Gasteiger partial charge in [0.25, 0.3) is 0 Å². The van der Waals surface area contributed by atoms with Crippen LogP contribution in [0.1, 0.15) is 63.9 Å². The van der Waals surface area contributed by atoms with Gasteiger partial charge in [0, 0.05) is 24.1 Å². The molecule has 0 radical (unpaired) electrons. The number of carbonyl (C=O) groups excluding carboxylic acids is 3. The molecule has 0 spiro atoms. The molecule has 1 fully saturated rings. The molecule has 2 amide bonds. The topological polar surface area (TPSA) is 75.7 Å². The Labute approximate surface area is 176 Å². The molecule has 1 aliphatic carbocycles. The van der Waals surface area contributed by atoms with E-state index in [1.54, 1.807) is 26.0 Å². The first-order chi connectivity index (χ1) is 14.4. The van der Waals surface area contributed by atoms with Crippen LogP contribution in [-0.4, -0.2) is 41.9 Å². The average molecular weight is 416 g/mol. The van der Waals surface area contributed by atoms with Crippen LogP contribution in [-0.2, 0) is 19.1 Å². The summed E-state index contributed by atoms with van der Waals surface area (Å²) in [5, 5.41) is 3.01. The highest BCUT2D eigenvalue weighted by atomic mass is 19.1. The molecule has 30 heavy (non-hydrogen) atoms. The molecule has 1 aromatic rings. The van der Waals surface area contributed by atoms with Gasteiger partial charge in [0.1, 0.15) is 12.4 Å². The summed E-state index contributed by atoms with van der Waals surface area (Å²) in [6, 6.07) is 5.91. The van der Waals surface area contributed by atoms with Crippen LogP contribution >= 0.6 is 0 Å². The molecule has 2 aliphatic rings. The molecular formula is C23H29FN2O4. The Morgan fingerprint density at radius 3 is 2.47 bits per heavy atom. The number of rotatable bonds is 6. The van der Waals surface area contributed by atoms with Crippen LogP contribution in [0.4, 0.5) is 4.39 Å². The second-order valence-corrected chi connectivity index (χ2v) is 7.91. The molecule has 1 N–H and O–H groups in total. The van der Waals surface area contributed by atoms with Crippen molar-refractivity contribution < 1.29 is 23.5 Å². The minimum atomic E-state index is -0.533. The minimum absolute atomic E-state index is 0.0217. The first-order valence-corrected chi connectivity index (χ1v) is 10.6. The van der Waals surface area contributed by atoms with Gasteiger partial charge in [-0.2, -0.15) is 0 Å². The van der Waals surface area contributed by atoms with Crippen molar-refractivity contribution in [3.8, 4) is 0 Å². The van der Waals surface area contributed by atoms with Gasteiger partial charge in [-0.1, -0.05) is 31.4 Å². The summed E-state index contributed by atoms with van der Waals surface area (Å²) < 4.78 is 18.6. The summed E-state index contributed by atoms with van der Waals surface area (Å²) in [4.78, 5) is 39.6. The van der Waals surface area contributed by atoms with E-state index in [1.165, 1.54) is 23.5 Å². The lowest BCUT2D eigenvalue weighted by Gasteiger charge is -2.34. The molecule has 0 bridgehead atoms. The van der Waals surface area contributed by atoms with Crippen LogP contribution in [0.3, 0.4) is 0 Å². The Hall–Kier alpha value is -2.70. The van der Waals surface area contributed by atoms with Gasteiger partial charge in [-0.15, -0.1) is 0 Å². The van der Waals surface area contributed by atoms with E-state index in [-0.39, 0.29) is 43.2 Å². The molecule has 0 saturated heterocycles. The maximum absolute atomic E-state index is 13.4. The van der Waals surface area contributed by atoms with Gasteiger partial charge in [-0.3, -0.25) is 9.59 Å². The maximum Gasteiger partial charge on any atom is 0.336 e. The number of halogens is 1. The predicted octanol–water partition coefficient (Wildman–Crippen LogP) is 3.43. The fourth-order valence-electron chi connectivity index (χ4n) is 4.32. The van der Waals surface area contributed by atoms with Crippen LogP contribution in [0.15, 0.2) is 35.5 Å².